The Labute approximate surface area is 97.5 Å². The van der Waals surface area contributed by atoms with Crippen molar-refractivity contribution in [2.45, 2.75) is 40.2 Å². The maximum Gasteiger partial charge on any atom is 0.216 e. The standard InChI is InChI=1S/C12H21N3O/c1-5-11-8-12(15-10(4)14-11)16-7-6-13-9(2)3/h8-9,13H,5-7H2,1-4H3. The van der Waals surface area contributed by atoms with Gasteiger partial charge < -0.3 is 10.1 Å². The molecule has 1 aromatic heterocycles. The molecule has 16 heavy (non-hydrogen) atoms. The number of nitrogens with zero attached hydrogens (tertiary/aromatic N) is 2. The van der Waals surface area contributed by atoms with Crippen molar-refractivity contribution in [1.82, 2.24) is 15.3 Å². The Bertz CT molecular complexity index is 326. The molecule has 0 aliphatic rings. The Balaban J connectivity index is 2.44. The fraction of sp³-hybridized carbons (Fsp3) is 0.667. The van der Waals surface area contributed by atoms with Crippen molar-refractivity contribution in [3.63, 3.8) is 0 Å². The Kier molecular flexibility index (Phi) is 5.19. The van der Waals surface area contributed by atoms with Crippen LogP contribution in [0.3, 0.4) is 0 Å². The molecule has 0 atom stereocenters. The van der Waals surface area contributed by atoms with E-state index in [1.165, 1.54) is 0 Å². The van der Waals surface area contributed by atoms with Gasteiger partial charge in [0.2, 0.25) is 5.88 Å². The molecule has 0 aromatic carbocycles. The number of ether oxygens (including phenoxy) is 1. The highest BCUT2D eigenvalue weighted by molar-refractivity contribution is 5.15. The molecule has 0 unspecified atom stereocenters. The van der Waals surface area contributed by atoms with E-state index in [0.717, 1.165) is 24.5 Å². The van der Waals surface area contributed by atoms with Crippen molar-refractivity contribution in [3.8, 4) is 5.88 Å². The lowest BCUT2D eigenvalue weighted by Gasteiger charge is -2.10. The van der Waals surface area contributed by atoms with Crippen LogP contribution in [0.2, 0.25) is 0 Å². The van der Waals surface area contributed by atoms with Gasteiger partial charge in [0.25, 0.3) is 0 Å². The summed E-state index contributed by atoms with van der Waals surface area (Å²) in [5, 5.41) is 3.29. The SMILES string of the molecule is CCc1cc(OCCNC(C)C)nc(C)n1. The minimum atomic E-state index is 0.488. The molecule has 0 spiro atoms. The summed E-state index contributed by atoms with van der Waals surface area (Å²) >= 11 is 0. The van der Waals surface area contributed by atoms with Crippen molar-refractivity contribution in [2.75, 3.05) is 13.2 Å². The number of hydrogen-bond acceptors (Lipinski definition) is 4. The number of nitrogens with one attached hydrogen (secondary N) is 1. The average Bonchev–Trinajstić information content (AvgIpc) is 2.23. The lowest BCUT2D eigenvalue weighted by Crippen LogP contribution is -2.27. The molecule has 0 amide bonds. The quantitative estimate of drug-likeness (QED) is 0.746. The summed E-state index contributed by atoms with van der Waals surface area (Å²) in [6.07, 6.45) is 0.907. The molecule has 0 saturated heterocycles. The van der Waals surface area contributed by atoms with E-state index in [2.05, 4.69) is 36.1 Å². The highest BCUT2D eigenvalue weighted by Crippen LogP contribution is 2.09. The normalized spacial score (nSPS) is 10.8. The van der Waals surface area contributed by atoms with Crippen molar-refractivity contribution in [2.24, 2.45) is 0 Å². The van der Waals surface area contributed by atoms with Gasteiger partial charge in [-0.25, -0.2) is 4.98 Å². The van der Waals surface area contributed by atoms with E-state index in [0.29, 0.717) is 18.5 Å². The van der Waals surface area contributed by atoms with E-state index in [1.807, 2.05) is 13.0 Å². The molecule has 1 rings (SSSR count). The van der Waals surface area contributed by atoms with Crippen molar-refractivity contribution in [1.29, 1.82) is 0 Å². The van der Waals surface area contributed by atoms with Gasteiger partial charge in [-0.3, -0.25) is 0 Å². The summed E-state index contributed by atoms with van der Waals surface area (Å²) < 4.78 is 5.57. The van der Waals surface area contributed by atoms with Crippen LogP contribution in [0.1, 0.15) is 32.3 Å². The van der Waals surface area contributed by atoms with Gasteiger partial charge in [-0.15, -0.1) is 0 Å². The molecule has 0 aliphatic carbocycles. The number of hydrogen-bond donors (Lipinski definition) is 1. The van der Waals surface area contributed by atoms with E-state index in [-0.39, 0.29) is 0 Å². The highest BCUT2D eigenvalue weighted by Gasteiger charge is 2.01. The van der Waals surface area contributed by atoms with Gasteiger partial charge in [-0.2, -0.15) is 4.98 Å². The second kappa shape index (κ2) is 6.43. The van der Waals surface area contributed by atoms with Crippen LogP contribution in [0.4, 0.5) is 0 Å². The first-order chi connectivity index (χ1) is 7.61. The van der Waals surface area contributed by atoms with Crippen molar-refractivity contribution < 1.29 is 4.74 Å². The monoisotopic (exact) mass is 223 g/mol. The summed E-state index contributed by atoms with van der Waals surface area (Å²) in [7, 11) is 0. The lowest BCUT2D eigenvalue weighted by molar-refractivity contribution is 0.296. The van der Waals surface area contributed by atoms with Gasteiger partial charge in [0.15, 0.2) is 0 Å². The Morgan fingerprint density at radius 2 is 2.12 bits per heavy atom. The average molecular weight is 223 g/mol. The minimum absolute atomic E-state index is 0.488. The third kappa shape index (κ3) is 4.57. The fourth-order valence-corrected chi connectivity index (χ4v) is 1.36. The number of rotatable bonds is 6. The Hall–Kier alpha value is -1.16. The first kappa shape index (κ1) is 12.9. The maximum atomic E-state index is 5.57. The maximum absolute atomic E-state index is 5.57. The van der Waals surface area contributed by atoms with Gasteiger partial charge in [-0.05, 0) is 13.3 Å². The molecule has 1 N–H and O–H groups in total. The summed E-state index contributed by atoms with van der Waals surface area (Å²) in [5.74, 6) is 1.45. The smallest absolute Gasteiger partial charge is 0.216 e. The van der Waals surface area contributed by atoms with Crippen LogP contribution in [0.25, 0.3) is 0 Å². The van der Waals surface area contributed by atoms with E-state index >= 15 is 0 Å². The summed E-state index contributed by atoms with van der Waals surface area (Å²) in [6, 6.07) is 2.39. The minimum Gasteiger partial charge on any atom is -0.476 e. The molecule has 4 heteroatoms. The van der Waals surface area contributed by atoms with Gasteiger partial charge in [-0.1, -0.05) is 20.8 Å². The third-order valence-electron chi connectivity index (χ3n) is 2.13. The first-order valence-corrected chi connectivity index (χ1v) is 5.82. The van der Waals surface area contributed by atoms with E-state index in [9.17, 15) is 0 Å². The van der Waals surface area contributed by atoms with Crippen molar-refractivity contribution >= 4 is 0 Å². The molecule has 0 bridgehead atoms. The summed E-state index contributed by atoms with van der Waals surface area (Å²) in [6.45, 7) is 9.66. The molecular weight excluding hydrogens is 202 g/mol. The van der Waals surface area contributed by atoms with E-state index < -0.39 is 0 Å². The topological polar surface area (TPSA) is 47.0 Å². The van der Waals surface area contributed by atoms with E-state index in [4.69, 9.17) is 4.74 Å². The van der Waals surface area contributed by atoms with Crippen LogP contribution in [-0.2, 0) is 6.42 Å². The first-order valence-electron chi connectivity index (χ1n) is 5.82. The van der Waals surface area contributed by atoms with Crippen LogP contribution >= 0.6 is 0 Å². The highest BCUT2D eigenvalue weighted by atomic mass is 16.5. The van der Waals surface area contributed by atoms with Crippen LogP contribution in [0.5, 0.6) is 5.88 Å². The molecule has 1 heterocycles. The van der Waals surface area contributed by atoms with Crippen LogP contribution < -0.4 is 10.1 Å². The van der Waals surface area contributed by atoms with Crippen molar-refractivity contribution in [3.05, 3.63) is 17.6 Å². The Morgan fingerprint density at radius 3 is 2.75 bits per heavy atom. The molecule has 0 aliphatic heterocycles. The number of aromatic nitrogens is 2. The zero-order valence-corrected chi connectivity index (χ0v) is 10.6. The van der Waals surface area contributed by atoms with Crippen LogP contribution in [0, 0.1) is 6.92 Å². The molecular formula is C12H21N3O. The predicted octanol–water partition coefficient (Wildman–Crippen LogP) is 1.72. The lowest BCUT2D eigenvalue weighted by atomic mass is 10.3. The Morgan fingerprint density at radius 1 is 1.38 bits per heavy atom. The van der Waals surface area contributed by atoms with Crippen LogP contribution in [-0.4, -0.2) is 29.2 Å². The van der Waals surface area contributed by atoms with Gasteiger partial charge in [0.1, 0.15) is 12.4 Å². The number of aryl methyl sites for hydroxylation is 2. The zero-order chi connectivity index (χ0) is 12.0. The zero-order valence-electron chi connectivity index (χ0n) is 10.6. The molecule has 1 aromatic rings. The molecule has 4 nitrogen and oxygen atoms in total. The largest absolute Gasteiger partial charge is 0.476 e. The fourth-order valence-electron chi connectivity index (χ4n) is 1.36. The second-order valence-electron chi connectivity index (χ2n) is 4.06. The van der Waals surface area contributed by atoms with E-state index in [1.54, 1.807) is 0 Å². The van der Waals surface area contributed by atoms with Crippen LogP contribution in [0.15, 0.2) is 6.07 Å². The summed E-state index contributed by atoms with van der Waals surface area (Å²) in [5.41, 5.74) is 1.03. The molecule has 0 radical (unpaired) electrons. The predicted molar refractivity (Wildman–Crippen MR) is 64.8 cm³/mol. The third-order valence-corrected chi connectivity index (χ3v) is 2.13. The molecule has 0 saturated carbocycles. The van der Waals surface area contributed by atoms with Gasteiger partial charge in [0.05, 0.1) is 0 Å². The summed E-state index contributed by atoms with van der Waals surface area (Å²) in [4.78, 5) is 8.54. The molecule has 90 valence electrons. The van der Waals surface area contributed by atoms with Gasteiger partial charge in [0, 0.05) is 24.3 Å². The second-order valence-corrected chi connectivity index (χ2v) is 4.06. The van der Waals surface area contributed by atoms with Gasteiger partial charge >= 0.3 is 0 Å². The molecule has 0 fully saturated rings.